The van der Waals surface area contributed by atoms with Crippen molar-refractivity contribution in [3.63, 3.8) is 0 Å². The maximum absolute atomic E-state index is 12.2. The highest BCUT2D eigenvalue weighted by Crippen LogP contribution is 2.37. The number of carbonyl (C=O) groups is 1. The van der Waals surface area contributed by atoms with E-state index in [1.165, 1.54) is 0 Å². The van der Waals surface area contributed by atoms with Crippen molar-refractivity contribution < 1.29 is 14.6 Å². The van der Waals surface area contributed by atoms with E-state index in [0.717, 1.165) is 25.7 Å². The summed E-state index contributed by atoms with van der Waals surface area (Å²) in [5.74, 6) is -0.246. The Kier molecular flexibility index (Phi) is 3.45. The predicted octanol–water partition coefficient (Wildman–Crippen LogP) is 1.61. The number of rotatable bonds is 2. The van der Waals surface area contributed by atoms with Crippen LogP contribution in [0.2, 0.25) is 0 Å². The molecule has 0 aromatic carbocycles. The van der Waals surface area contributed by atoms with Gasteiger partial charge in [0.25, 0.3) is 0 Å². The van der Waals surface area contributed by atoms with Gasteiger partial charge in [0.1, 0.15) is 0 Å². The lowest BCUT2D eigenvalue weighted by atomic mass is 9.93. The Bertz CT molecular complexity index is 338. The van der Waals surface area contributed by atoms with Crippen LogP contribution < -0.4 is 5.32 Å². The summed E-state index contributed by atoms with van der Waals surface area (Å²) in [6, 6.07) is 0.0211. The Hall–Kier alpha value is -0.610. The van der Waals surface area contributed by atoms with Gasteiger partial charge in [-0.15, -0.1) is 0 Å². The third-order valence-electron chi connectivity index (χ3n) is 4.21. The molecule has 0 aromatic rings. The summed E-state index contributed by atoms with van der Waals surface area (Å²) in [5, 5.41) is 12.8. The number of hydrogen-bond donors (Lipinski definition) is 2. The van der Waals surface area contributed by atoms with E-state index in [0.29, 0.717) is 0 Å². The molecular weight excluding hydrogens is 230 g/mol. The quantitative estimate of drug-likeness (QED) is 0.788. The first-order valence-electron chi connectivity index (χ1n) is 6.90. The fraction of sp³-hybridized carbons (Fsp3) is 0.929. The molecule has 1 heterocycles. The van der Waals surface area contributed by atoms with Crippen molar-refractivity contribution in [2.75, 3.05) is 0 Å². The fourth-order valence-electron chi connectivity index (χ4n) is 3.31. The van der Waals surface area contributed by atoms with Gasteiger partial charge in [0, 0.05) is 0 Å². The van der Waals surface area contributed by atoms with E-state index in [2.05, 4.69) is 5.32 Å². The van der Waals surface area contributed by atoms with E-state index in [1.54, 1.807) is 0 Å². The van der Waals surface area contributed by atoms with Crippen LogP contribution >= 0.6 is 0 Å². The molecule has 2 aliphatic rings. The van der Waals surface area contributed by atoms with Gasteiger partial charge in [-0.1, -0.05) is 0 Å². The number of amides is 1. The summed E-state index contributed by atoms with van der Waals surface area (Å²) < 4.78 is 5.96. The van der Waals surface area contributed by atoms with Gasteiger partial charge in [-0.2, -0.15) is 0 Å². The van der Waals surface area contributed by atoms with Crippen molar-refractivity contribution in [1.29, 1.82) is 0 Å². The third-order valence-corrected chi connectivity index (χ3v) is 4.21. The Morgan fingerprint density at radius 1 is 1.28 bits per heavy atom. The maximum Gasteiger partial charge on any atom is 0.226 e. The molecule has 2 fully saturated rings. The molecule has 0 spiro atoms. The lowest BCUT2D eigenvalue weighted by Gasteiger charge is -2.28. The van der Waals surface area contributed by atoms with E-state index >= 15 is 0 Å². The zero-order valence-electron chi connectivity index (χ0n) is 11.8. The van der Waals surface area contributed by atoms with Crippen LogP contribution in [0.15, 0.2) is 0 Å². The monoisotopic (exact) mass is 255 g/mol. The normalized spacial score (nSPS) is 37.7. The molecule has 2 rings (SSSR count). The fourth-order valence-corrected chi connectivity index (χ4v) is 3.31. The molecule has 4 nitrogen and oxygen atoms in total. The highest BCUT2D eigenvalue weighted by molar-refractivity contribution is 5.80. The van der Waals surface area contributed by atoms with Crippen molar-refractivity contribution in [2.45, 2.75) is 76.7 Å². The number of carbonyl (C=O) groups excluding carboxylic acids is 1. The molecule has 1 amide bonds. The number of ether oxygens (including phenoxy) is 1. The van der Waals surface area contributed by atoms with Crippen molar-refractivity contribution >= 4 is 5.91 Å². The number of aliphatic hydroxyl groups excluding tert-OH is 1. The van der Waals surface area contributed by atoms with Crippen molar-refractivity contribution in [2.24, 2.45) is 5.92 Å². The third kappa shape index (κ3) is 2.69. The molecule has 1 saturated heterocycles. The van der Waals surface area contributed by atoms with Gasteiger partial charge in [0.05, 0.1) is 29.3 Å². The second kappa shape index (κ2) is 4.49. The summed E-state index contributed by atoms with van der Waals surface area (Å²) in [5.41, 5.74) is -0.543. The molecule has 0 radical (unpaired) electrons. The van der Waals surface area contributed by atoms with E-state index in [4.69, 9.17) is 4.74 Å². The van der Waals surface area contributed by atoms with Crippen LogP contribution in [-0.4, -0.2) is 34.4 Å². The van der Waals surface area contributed by atoms with Crippen LogP contribution in [0.5, 0.6) is 0 Å². The number of hydrogen-bond acceptors (Lipinski definition) is 3. The number of aliphatic hydroxyl groups is 1. The van der Waals surface area contributed by atoms with E-state index in [-0.39, 0.29) is 29.1 Å². The summed E-state index contributed by atoms with van der Waals surface area (Å²) in [6.07, 6.45) is 2.83. The molecule has 4 heteroatoms. The smallest absolute Gasteiger partial charge is 0.226 e. The molecular formula is C14H25NO3. The van der Waals surface area contributed by atoms with Crippen LogP contribution in [-0.2, 0) is 9.53 Å². The maximum atomic E-state index is 12.2. The molecule has 0 aromatic heterocycles. The Balaban J connectivity index is 1.99. The minimum atomic E-state index is -0.469. The molecule has 104 valence electrons. The summed E-state index contributed by atoms with van der Waals surface area (Å²) in [4.78, 5) is 12.2. The first kappa shape index (κ1) is 13.8. The standard InChI is InChI=1S/C14H25NO3/c1-13(2)8-11(14(3,4)18-13)15-12(17)9-6-5-7-10(9)16/h9-11,16H,5-8H2,1-4H3,(H,15,17). The molecule has 18 heavy (non-hydrogen) atoms. The average molecular weight is 255 g/mol. The van der Waals surface area contributed by atoms with E-state index in [1.807, 2.05) is 27.7 Å². The Labute approximate surface area is 109 Å². The molecule has 2 N–H and O–H groups in total. The van der Waals surface area contributed by atoms with Crippen LogP contribution in [0.1, 0.15) is 53.4 Å². The van der Waals surface area contributed by atoms with E-state index < -0.39 is 6.10 Å². The van der Waals surface area contributed by atoms with Gasteiger partial charge in [-0.25, -0.2) is 0 Å². The molecule has 3 unspecified atom stereocenters. The van der Waals surface area contributed by atoms with E-state index in [9.17, 15) is 9.90 Å². The highest BCUT2D eigenvalue weighted by Gasteiger charge is 2.47. The zero-order valence-corrected chi connectivity index (χ0v) is 11.8. The molecule has 1 saturated carbocycles. The van der Waals surface area contributed by atoms with Gasteiger partial charge >= 0.3 is 0 Å². The minimum Gasteiger partial charge on any atom is -0.392 e. The van der Waals surface area contributed by atoms with Crippen LogP contribution in [0.25, 0.3) is 0 Å². The summed E-state index contributed by atoms with van der Waals surface area (Å²) in [7, 11) is 0. The van der Waals surface area contributed by atoms with Crippen molar-refractivity contribution in [3.05, 3.63) is 0 Å². The van der Waals surface area contributed by atoms with Gasteiger partial charge < -0.3 is 15.2 Å². The van der Waals surface area contributed by atoms with Crippen LogP contribution in [0.3, 0.4) is 0 Å². The predicted molar refractivity (Wildman–Crippen MR) is 69.1 cm³/mol. The second-order valence-electron chi connectivity index (χ2n) is 6.84. The topological polar surface area (TPSA) is 58.6 Å². The first-order valence-corrected chi connectivity index (χ1v) is 6.90. The molecule has 0 bridgehead atoms. The lowest BCUT2D eigenvalue weighted by molar-refractivity contribution is -0.130. The van der Waals surface area contributed by atoms with Crippen molar-refractivity contribution in [3.8, 4) is 0 Å². The average Bonchev–Trinajstić information content (AvgIpc) is 2.68. The Morgan fingerprint density at radius 2 is 1.94 bits per heavy atom. The van der Waals surface area contributed by atoms with Crippen LogP contribution in [0.4, 0.5) is 0 Å². The minimum absolute atomic E-state index is 0.0145. The first-order chi connectivity index (χ1) is 8.21. The zero-order chi connectivity index (χ0) is 13.6. The highest BCUT2D eigenvalue weighted by atomic mass is 16.5. The van der Waals surface area contributed by atoms with Crippen molar-refractivity contribution in [1.82, 2.24) is 5.32 Å². The lowest BCUT2D eigenvalue weighted by Crippen LogP contribution is -2.49. The van der Waals surface area contributed by atoms with Gasteiger partial charge in [0.2, 0.25) is 5.91 Å². The largest absolute Gasteiger partial charge is 0.392 e. The van der Waals surface area contributed by atoms with Gasteiger partial charge in [0.15, 0.2) is 0 Å². The van der Waals surface area contributed by atoms with Gasteiger partial charge in [-0.05, 0) is 53.4 Å². The number of nitrogens with one attached hydrogen (secondary N) is 1. The molecule has 3 atom stereocenters. The summed E-state index contributed by atoms with van der Waals surface area (Å²) in [6.45, 7) is 8.12. The summed E-state index contributed by atoms with van der Waals surface area (Å²) >= 11 is 0. The molecule has 1 aliphatic heterocycles. The van der Waals surface area contributed by atoms with Crippen LogP contribution in [0, 0.1) is 5.92 Å². The SMILES string of the molecule is CC1(C)CC(NC(=O)C2CCCC2O)C(C)(C)O1. The Morgan fingerprint density at radius 3 is 2.39 bits per heavy atom. The molecule has 1 aliphatic carbocycles. The van der Waals surface area contributed by atoms with Gasteiger partial charge in [-0.3, -0.25) is 4.79 Å². The second-order valence-corrected chi connectivity index (χ2v) is 6.84.